The molecule has 1 aliphatic rings. The number of aryl methyl sites for hydroxylation is 1. The van der Waals surface area contributed by atoms with Crippen LogP contribution in [0.15, 0.2) is 24.3 Å². The summed E-state index contributed by atoms with van der Waals surface area (Å²) in [6, 6.07) is 7.80. The van der Waals surface area contributed by atoms with Gasteiger partial charge in [0.25, 0.3) is 0 Å². The first kappa shape index (κ1) is 18.3. The van der Waals surface area contributed by atoms with E-state index in [1.165, 1.54) is 0 Å². The summed E-state index contributed by atoms with van der Waals surface area (Å²) in [4.78, 5) is 26.0. The van der Waals surface area contributed by atoms with E-state index < -0.39 is 5.60 Å². The summed E-state index contributed by atoms with van der Waals surface area (Å²) in [6.45, 7) is 8.91. The maximum Gasteiger partial charge on any atom is 0.410 e. The third kappa shape index (κ3) is 5.87. The smallest absolute Gasteiger partial charge is 0.410 e. The van der Waals surface area contributed by atoms with Gasteiger partial charge in [0.2, 0.25) is 5.91 Å². The zero-order valence-corrected chi connectivity index (χ0v) is 15.1. The first-order valence-corrected chi connectivity index (χ1v) is 8.57. The number of hydrogen-bond acceptors (Lipinski definition) is 3. The third-order valence-corrected chi connectivity index (χ3v) is 4.04. The minimum Gasteiger partial charge on any atom is -0.444 e. The number of piperidine rings is 1. The first-order valence-electron chi connectivity index (χ1n) is 8.57. The third-order valence-electron chi connectivity index (χ3n) is 4.04. The van der Waals surface area contributed by atoms with Gasteiger partial charge in [-0.05, 0) is 64.2 Å². The van der Waals surface area contributed by atoms with Crippen LogP contribution in [0.3, 0.4) is 0 Å². The van der Waals surface area contributed by atoms with Crippen molar-refractivity contribution < 1.29 is 14.3 Å². The van der Waals surface area contributed by atoms with Crippen LogP contribution in [0.25, 0.3) is 0 Å². The lowest BCUT2D eigenvalue weighted by Gasteiger charge is -2.33. The van der Waals surface area contributed by atoms with Gasteiger partial charge < -0.3 is 15.0 Å². The Bertz CT molecular complexity index is 585. The molecule has 1 fully saturated rings. The van der Waals surface area contributed by atoms with E-state index >= 15 is 0 Å². The van der Waals surface area contributed by atoms with E-state index in [4.69, 9.17) is 4.74 Å². The minimum absolute atomic E-state index is 0.0383. The van der Waals surface area contributed by atoms with E-state index in [2.05, 4.69) is 5.32 Å². The van der Waals surface area contributed by atoms with Crippen LogP contribution >= 0.6 is 0 Å². The van der Waals surface area contributed by atoms with Gasteiger partial charge in [-0.2, -0.15) is 0 Å². The lowest BCUT2D eigenvalue weighted by Crippen LogP contribution is -2.42. The van der Waals surface area contributed by atoms with Gasteiger partial charge in [-0.1, -0.05) is 12.1 Å². The van der Waals surface area contributed by atoms with E-state index in [0.717, 1.165) is 24.1 Å². The van der Waals surface area contributed by atoms with Gasteiger partial charge in [0.15, 0.2) is 0 Å². The molecule has 0 aliphatic carbocycles. The molecule has 1 saturated heterocycles. The van der Waals surface area contributed by atoms with Crippen molar-refractivity contribution in [3.05, 3.63) is 29.8 Å². The van der Waals surface area contributed by atoms with Crippen molar-refractivity contribution in [2.45, 2.75) is 52.6 Å². The van der Waals surface area contributed by atoms with Crippen molar-refractivity contribution in [1.82, 2.24) is 4.90 Å². The highest BCUT2D eigenvalue weighted by molar-refractivity contribution is 5.90. The van der Waals surface area contributed by atoms with E-state index in [-0.39, 0.29) is 12.0 Å². The Balaban J connectivity index is 1.76. The number of benzene rings is 1. The van der Waals surface area contributed by atoms with Gasteiger partial charge in [-0.3, -0.25) is 4.79 Å². The Morgan fingerprint density at radius 2 is 1.92 bits per heavy atom. The average Bonchev–Trinajstić information content (AvgIpc) is 2.46. The number of hydrogen-bond donors (Lipinski definition) is 1. The monoisotopic (exact) mass is 332 g/mol. The van der Waals surface area contributed by atoms with Crippen LogP contribution in [-0.4, -0.2) is 35.6 Å². The molecule has 0 aromatic heterocycles. The minimum atomic E-state index is -0.471. The molecule has 1 N–H and O–H groups in total. The summed E-state index contributed by atoms with van der Waals surface area (Å²) in [5, 5.41) is 2.95. The van der Waals surface area contributed by atoms with E-state index in [1.54, 1.807) is 4.90 Å². The lowest BCUT2D eigenvalue weighted by molar-refractivity contribution is -0.117. The zero-order valence-electron chi connectivity index (χ0n) is 15.1. The second kappa shape index (κ2) is 7.69. The Morgan fingerprint density at radius 3 is 2.50 bits per heavy atom. The number of nitrogens with zero attached hydrogens (tertiary/aromatic N) is 1. The quantitative estimate of drug-likeness (QED) is 0.911. The van der Waals surface area contributed by atoms with Crippen LogP contribution in [-0.2, 0) is 9.53 Å². The fourth-order valence-electron chi connectivity index (χ4n) is 2.84. The van der Waals surface area contributed by atoms with Gasteiger partial charge in [-0.15, -0.1) is 0 Å². The van der Waals surface area contributed by atoms with E-state index in [1.807, 2.05) is 52.0 Å². The normalized spacial score (nSPS) is 15.9. The summed E-state index contributed by atoms with van der Waals surface area (Å²) in [6.07, 6.45) is 1.90. The predicted octanol–water partition coefficient (Wildman–Crippen LogP) is 3.97. The number of likely N-dealkylation sites (tertiary alicyclic amines) is 1. The summed E-state index contributed by atoms with van der Waals surface area (Å²) < 4.78 is 5.39. The molecule has 5 heteroatoms. The average molecular weight is 332 g/mol. The highest BCUT2D eigenvalue weighted by atomic mass is 16.6. The van der Waals surface area contributed by atoms with Crippen molar-refractivity contribution in [3.63, 3.8) is 0 Å². The highest BCUT2D eigenvalue weighted by Gasteiger charge is 2.27. The zero-order chi connectivity index (χ0) is 17.7. The molecular weight excluding hydrogens is 304 g/mol. The molecule has 0 atom stereocenters. The molecule has 5 nitrogen and oxygen atoms in total. The topological polar surface area (TPSA) is 58.6 Å². The van der Waals surface area contributed by atoms with Crippen LogP contribution in [0.4, 0.5) is 10.5 Å². The number of anilines is 1. The Kier molecular flexibility index (Phi) is 5.86. The summed E-state index contributed by atoms with van der Waals surface area (Å²) in [5.74, 6) is 0.352. The van der Waals surface area contributed by atoms with E-state index in [9.17, 15) is 9.59 Å². The van der Waals surface area contributed by atoms with Gasteiger partial charge in [0.1, 0.15) is 5.60 Å². The largest absolute Gasteiger partial charge is 0.444 e. The number of rotatable bonds is 3. The molecule has 24 heavy (non-hydrogen) atoms. The lowest BCUT2D eigenvalue weighted by atomic mass is 9.93. The van der Waals surface area contributed by atoms with E-state index in [0.29, 0.717) is 25.4 Å². The molecule has 2 amide bonds. The molecule has 1 heterocycles. The van der Waals surface area contributed by atoms with Crippen molar-refractivity contribution in [3.8, 4) is 0 Å². The Labute approximate surface area is 144 Å². The van der Waals surface area contributed by atoms with Crippen molar-refractivity contribution >= 4 is 17.7 Å². The Morgan fingerprint density at radius 1 is 1.25 bits per heavy atom. The predicted molar refractivity (Wildman–Crippen MR) is 95.0 cm³/mol. The molecule has 1 aliphatic heterocycles. The maximum atomic E-state index is 12.2. The second-order valence-electron chi connectivity index (χ2n) is 7.53. The Hall–Kier alpha value is -2.04. The molecule has 0 radical (unpaired) electrons. The fraction of sp³-hybridized carbons (Fsp3) is 0.579. The summed E-state index contributed by atoms with van der Waals surface area (Å²) in [5.41, 5.74) is 1.49. The standard InChI is InChI=1S/C19H28N2O3/c1-14-6-5-7-16(12-14)20-17(22)13-15-8-10-21(11-9-15)18(23)24-19(2,3)4/h5-7,12,15H,8-11,13H2,1-4H3,(H,20,22). The van der Waals surface area contributed by atoms with Crippen LogP contribution in [0, 0.1) is 12.8 Å². The SMILES string of the molecule is Cc1cccc(NC(=O)CC2CCN(C(=O)OC(C)(C)C)CC2)c1. The van der Waals surface area contributed by atoms with Crippen LogP contribution in [0.1, 0.15) is 45.6 Å². The number of nitrogens with one attached hydrogen (secondary N) is 1. The molecule has 1 aromatic rings. The molecule has 0 saturated carbocycles. The second-order valence-corrected chi connectivity index (χ2v) is 7.53. The highest BCUT2D eigenvalue weighted by Crippen LogP contribution is 2.23. The molecule has 1 aromatic carbocycles. The summed E-state index contributed by atoms with van der Waals surface area (Å²) >= 11 is 0. The van der Waals surface area contributed by atoms with Crippen molar-refractivity contribution in [1.29, 1.82) is 0 Å². The molecule has 2 rings (SSSR count). The number of carbonyl (C=O) groups excluding carboxylic acids is 2. The molecule has 0 spiro atoms. The van der Waals surface area contributed by atoms with Crippen LogP contribution in [0.2, 0.25) is 0 Å². The van der Waals surface area contributed by atoms with Crippen LogP contribution < -0.4 is 5.32 Å². The van der Waals surface area contributed by atoms with Gasteiger partial charge >= 0.3 is 6.09 Å². The van der Waals surface area contributed by atoms with Crippen molar-refractivity contribution in [2.75, 3.05) is 18.4 Å². The van der Waals surface area contributed by atoms with Crippen LogP contribution in [0.5, 0.6) is 0 Å². The summed E-state index contributed by atoms with van der Waals surface area (Å²) in [7, 11) is 0. The van der Waals surface area contributed by atoms with Gasteiger partial charge in [-0.25, -0.2) is 4.79 Å². The molecule has 0 bridgehead atoms. The number of carbonyl (C=O) groups is 2. The maximum absolute atomic E-state index is 12.2. The molecule has 0 unspecified atom stereocenters. The van der Waals surface area contributed by atoms with Crippen molar-refractivity contribution in [2.24, 2.45) is 5.92 Å². The van der Waals surface area contributed by atoms with Gasteiger partial charge in [0, 0.05) is 25.2 Å². The number of amides is 2. The molecule has 132 valence electrons. The van der Waals surface area contributed by atoms with Gasteiger partial charge in [0.05, 0.1) is 0 Å². The molecular formula is C19H28N2O3. The first-order chi connectivity index (χ1) is 11.2. The number of ether oxygens (including phenoxy) is 1. The fourth-order valence-corrected chi connectivity index (χ4v) is 2.84.